The van der Waals surface area contributed by atoms with E-state index in [1.807, 2.05) is 31.3 Å². The summed E-state index contributed by atoms with van der Waals surface area (Å²) in [5, 5.41) is 10.7. The highest BCUT2D eigenvalue weighted by Crippen LogP contribution is 2.44. The minimum atomic E-state index is -0.564. The summed E-state index contributed by atoms with van der Waals surface area (Å²) in [5.41, 5.74) is 3.59. The third-order valence-corrected chi connectivity index (χ3v) is 3.81. The topological polar surface area (TPSA) is 49.2 Å². The molecule has 0 radical (unpaired) electrons. The van der Waals surface area contributed by atoms with Crippen LogP contribution in [0.3, 0.4) is 0 Å². The Hall–Kier alpha value is -1.78. The van der Waals surface area contributed by atoms with Crippen LogP contribution in [-0.4, -0.2) is 33.6 Å². The van der Waals surface area contributed by atoms with Crippen LogP contribution in [0, 0.1) is 0 Å². The van der Waals surface area contributed by atoms with Gasteiger partial charge in [0.2, 0.25) is 0 Å². The zero-order chi connectivity index (χ0) is 13.4. The van der Waals surface area contributed by atoms with Crippen LogP contribution in [-0.2, 0) is 0 Å². The van der Waals surface area contributed by atoms with Gasteiger partial charge < -0.3 is 5.11 Å². The molecule has 2 unspecified atom stereocenters. The molecule has 4 nitrogen and oxygen atoms in total. The molecule has 3 rings (SSSR count). The lowest BCUT2D eigenvalue weighted by molar-refractivity contribution is 0.0626. The minimum absolute atomic E-state index is 0.0644. The SMILES string of the molecule is CCN(C)C1c2cccnc2-c2ncccc2C1O. The Bertz CT molecular complexity index is 599. The summed E-state index contributed by atoms with van der Waals surface area (Å²) in [7, 11) is 2.02. The summed E-state index contributed by atoms with van der Waals surface area (Å²) >= 11 is 0. The number of aliphatic hydroxyl groups excluding tert-OH is 1. The standard InChI is InChI=1S/C15H17N3O/c1-3-18(2)14-10-6-4-8-16-12(10)13-11(15(14)19)7-5-9-17-13/h4-9,14-15,19H,3H2,1-2H3. The maximum atomic E-state index is 10.7. The molecule has 0 bridgehead atoms. The molecular formula is C15H17N3O. The maximum Gasteiger partial charge on any atom is 0.101 e. The lowest BCUT2D eigenvalue weighted by atomic mass is 9.85. The number of aliphatic hydroxyl groups is 1. The predicted molar refractivity (Wildman–Crippen MR) is 73.5 cm³/mol. The van der Waals surface area contributed by atoms with E-state index in [1.165, 1.54) is 0 Å². The van der Waals surface area contributed by atoms with E-state index in [0.717, 1.165) is 29.1 Å². The fourth-order valence-electron chi connectivity index (χ4n) is 2.72. The molecule has 4 heteroatoms. The van der Waals surface area contributed by atoms with Crippen molar-refractivity contribution in [1.29, 1.82) is 0 Å². The van der Waals surface area contributed by atoms with Crippen molar-refractivity contribution in [3.63, 3.8) is 0 Å². The van der Waals surface area contributed by atoms with Crippen molar-refractivity contribution in [1.82, 2.24) is 14.9 Å². The molecule has 2 aromatic heterocycles. The molecule has 0 aromatic carbocycles. The lowest BCUT2D eigenvalue weighted by Crippen LogP contribution is -2.32. The predicted octanol–water partition coefficient (Wildman–Crippen LogP) is 2.18. The fraction of sp³-hybridized carbons (Fsp3) is 0.333. The van der Waals surface area contributed by atoms with Crippen LogP contribution in [0.5, 0.6) is 0 Å². The third kappa shape index (κ3) is 1.84. The average molecular weight is 255 g/mol. The van der Waals surface area contributed by atoms with E-state index in [1.54, 1.807) is 12.4 Å². The second kappa shape index (κ2) is 4.72. The van der Waals surface area contributed by atoms with Gasteiger partial charge in [-0.2, -0.15) is 0 Å². The van der Waals surface area contributed by atoms with Crippen molar-refractivity contribution < 1.29 is 5.11 Å². The first kappa shape index (κ1) is 12.3. The Labute approximate surface area is 112 Å². The van der Waals surface area contributed by atoms with Crippen LogP contribution in [0.4, 0.5) is 0 Å². The number of rotatable bonds is 2. The van der Waals surface area contributed by atoms with Crippen LogP contribution >= 0.6 is 0 Å². The van der Waals surface area contributed by atoms with Crippen LogP contribution in [0.15, 0.2) is 36.7 Å². The van der Waals surface area contributed by atoms with Crippen LogP contribution < -0.4 is 0 Å². The number of fused-ring (bicyclic) bond motifs is 3. The van der Waals surface area contributed by atoms with Gasteiger partial charge in [-0.15, -0.1) is 0 Å². The maximum absolute atomic E-state index is 10.7. The van der Waals surface area contributed by atoms with Gasteiger partial charge in [0.25, 0.3) is 0 Å². The molecule has 0 amide bonds. The van der Waals surface area contributed by atoms with Gasteiger partial charge in [-0.25, -0.2) is 0 Å². The molecule has 1 aliphatic rings. The van der Waals surface area contributed by atoms with E-state index in [-0.39, 0.29) is 6.04 Å². The summed E-state index contributed by atoms with van der Waals surface area (Å²) in [6.45, 7) is 2.95. The molecule has 1 aliphatic carbocycles. The molecule has 1 N–H and O–H groups in total. The number of hydrogen-bond donors (Lipinski definition) is 1. The highest BCUT2D eigenvalue weighted by atomic mass is 16.3. The first-order chi connectivity index (χ1) is 9.24. The van der Waals surface area contributed by atoms with Crippen LogP contribution in [0.25, 0.3) is 11.4 Å². The zero-order valence-corrected chi connectivity index (χ0v) is 11.1. The Morgan fingerprint density at radius 1 is 1.11 bits per heavy atom. The van der Waals surface area contributed by atoms with Crippen LogP contribution in [0.2, 0.25) is 0 Å². The number of pyridine rings is 2. The zero-order valence-electron chi connectivity index (χ0n) is 11.1. The molecule has 0 spiro atoms. The summed E-state index contributed by atoms with van der Waals surface area (Å²) in [6, 6.07) is 7.67. The quantitative estimate of drug-likeness (QED) is 0.893. The fourth-order valence-corrected chi connectivity index (χ4v) is 2.72. The number of hydrogen-bond acceptors (Lipinski definition) is 4. The van der Waals surface area contributed by atoms with Gasteiger partial charge >= 0.3 is 0 Å². The molecule has 0 fully saturated rings. The van der Waals surface area contributed by atoms with Crippen molar-refractivity contribution in [2.45, 2.75) is 19.1 Å². The van der Waals surface area contributed by atoms with Crippen molar-refractivity contribution in [3.05, 3.63) is 47.8 Å². The number of likely N-dealkylation sites (N-methyl/N-ethyl adjacent to an activating group) is 1. The average Bonchev–Trinajstić information content (AvgIpc) is 2.47. The summed E-state index contributed by atoms with van der Waals surface area (Å²) in [4.78, 5) is 11.0. The normalized spacial score (nSPS) is 21.1. The van der Waals surface area contributed by atoms with Gasteiger partial charge in [0.05, 0.1) is 17.4 Å². The molecule has 98 valence electrons. The highest BCUT2D eigenvalue weighted by Gasteiger charge is 2.35. The highest BCUT2D eigenvalue weighted by molar-refractivity contribution is 5.67. The monoisotopic (exact) mass is 255 g/mol. The smallest absolute Gasteiger partial charge is 0.101 e. The Morgan fingerprint density at radius 3 is 2.32 bits per heavy atom. The molecule has 0 saturated carbocycles. The first-order valence-corrected chi connectivity index (χ1v) is 6.52. The van der Waals surface area contributed by atoms with E-state index < -0.39 is 6.10 Å². The molecule has 2 atom stereocenters. The van der Waals surface area contributed by atoms with Crippen molar-refractivity contribution in [2.75, 3.05) is 13.6 Å². The second-order valence-corrected chi connectivity index (χ2v) is 4.85. The minimum Gasteiger partial charge on any atom is -0.386 e. The molecule has 2 heterocycles. The van der Waals surface area contributed by atoms with Gasteiger partial charge in [0, 0.05) is 23.5 Å². The third-order valence-electron chi connectivity index (χ3n) is 3.81. The number of nitrogens with zero attached hydrogens (tertiary/aromatic N) is 3. The summed E-state index contributed by atoms with van der Waals surface area (Å²) in [6.07, 6.45) is 2.96. The summed E-state index contributed by atoms with van der Waals surface area (Å²) < 4.78 is 0. The van der Waals surface area contributed by atoms with Gasteiger partial charge in [0.1, 0.15) is 6.10 Å². The van der Waals surface area contributed by atoms with Gasteiger partial charge in [-0.3, -0.25) is 14.9 Å². The molecule has 0 aliphatic heterocycles. The van der Waals surface area contributed by atoms with Gasteiger partial charge in [-0.1, -0.05) is 19.1 Å². The van der Waals surface area contributed by atoms with E-state index >= 15 is 0 Å². The molecule has 19 heavy (non-hydrogen) atoms. The summed E-state index contributed by atoms with van der Waals surface area (Å²) in [5.74, 6) is 0. The molecular weight excluding hydrogens is 238 g/mol. The Balaban J connectivity index is 2.23. The number of aromatic nitrogens is 2. The van der Waals surface area contributed by atoms with Gasteiger partial charge in [-0.05, 0) is 25.7 Å². The molecule has 2 aromatic rings. The Morgan fingerprint density at radius 2 is 1.68 bits per heavy atom. The van der Waals surface area contributed by atoms with Crippen LogP contribution in [0.1, 0.15) is 30.2 Å². The first-order valence-electron chi connectivity index (χ1n) is 6.52. The second-order valence-electron chi connectivity index (χ2n) is 4.85. The van der Waals surface area contributed by atoms with E-state index in [9.17, 15) is 5.11 Å². The van der Waals surface area contributed by atoms with E-state index in [0.29, 0.717) is 0 Å². The molecule has 0 saturated heterocycles. The largest absolute Gasteiger partial charge is 0.386 e. The van der Waals surface area contributed by atoms with Gasteiger partial charge in [0.15, 0.2) is 0 Å². The van der Waals surface area contributed by atoms with E-state index in [2.05, 4.69) is 21.8 Å². The van der Waals surface area contributed by atoms with E-state index in [4.69, 9.17) is 0 Å². The van der Waals surface area contributed by atoms with Crippen molar-refractivity contribution >= 4 is 0 Å². The Kier molecular flexibility index (Phi) is 3.05. The van der Waals surface area contributed by atoms with Crippen molar-refractivity contribution in [3.8, 4) is 11.4 Å². The van der Waals surface area contributed by atoms with Crippen molar-refractivity contribution in [2.24, 2.45) is 0 Å². The lowest BCUT2D eigenvalue weighted by Gasteiger charge is -2.36.